The Labute approximate surface area is 91.7 Å². The number of nitrogens with two attached hydrogens (primary N) is 1. The Morgan fingerprint density at radius 1 is 1.40 bits per heavy atom. The van der Waals surface area contributed by atoms with Crippen LogP contribution in [-0.4, -0.2) is 19.7 Å². The molecule has 78 valence electrons. The van der Waals surface area contributed by atoms with Gasteiger partial charge in [0.15, 0.2) is 5.16 Å². The molecule has 0 radical (unpaired) electrons. The van der Waals surface area contributed by atoms with Gasteiger partial charge in [-0.2, -0.15) is 0 Å². The second-order valence-electron chi connectivity index (χ2n) is 3.15. The Kier molecular flexibility index (Phi) is 2.59. The van der Waals surface area contributed by atoms with Gasteiger partial charge in [-0.25, -0.2) is 4.98 Å². The van der Waals surface area contributed by atoms with Crippen molar-refractivity contribution < 1.29 is 0 Å². The molecule has 0 unspecified atom stereocenters. The van der Waals surface area contributed by atoms with E-state index in [-0.39, 0.29) is 0 Å². The summed E-state index contributed by atoms with van der Waals surface area (Å²) in [6, 6.07) is 3.72. The first-order valence-corrected chi connectivity index (χ1v) is 5.23. The lowest BCUT2D eigenvalue weighted by Crippen LogP contribution is -1.94. The number of anilines is 1. The van der Waals surface area contributed by atoms with Crippen LogP contribution in [0.4, 0.5) is 5.69 Å². The van der Waals surface area contributed by atoms with Crippen molar-refractivity contribution in [1.29, 1.82) is 0 Å². The Hall–Kier alpha value is -1.56. The maximum Gasteiger partial charge on any atom is 0.197 e. The molecule has 0 bridgehead atoms. The van der Waals surface area contributed by atoms with Crippen LogP contribution < -0.4 is 5.73 Å². The van der Waals surface area contributed by atoms with Gasteiger partial charge >= 0.3 is 0 Å². The number of pyridine rings is 1. The molecule has 0 fully saturated rings. The predicted octanol–water partition coefficient (Wildman–Crippen LogP) is 1.25. The van der Waals surface area contributed by atoms with Gasteiger partial charge in [0.05, 0.1) is 11.4 Å². The molecule has 2 rings (SSSR count). The highest BCUT2D eigenvalue weighted by molar-refractivity contribution is 7.99. The molecule has 6 heteroatoms. The number of nitrogens with zero attached hydrogens (tertiary/aromatic N) is 4. The molecule has 2 N–H and O–H groups in total. The monoisotopic (exact) mass is 221 g/mol. The van der Waals surface area contributed by atoms with Gasteiger partial charge in [-0.3, -0.25) is 0 Å². The summed E-state index contributed by atoms with van der Waals surface area (Å²) in [5.74, 6) is 0. The van der Waals surface area contributed by atoms with Crippen LogP contribution in [0.5, 0.6) is 0 Å². The average molecular weight is 221 g/mol. The molecule has 0 aliphatic heterocycles. The maximum atomic E-state index is 5.69. The second kappa shape index (κ2) is 3.90. The molecule has 0 saturated heterocycles. The summed E-state index contributed by atoms with van der Waals surface area (Å²) in [6.07, 6.45) is 1.66. The molecular formula is C9H11N5S. The highest BCUT2D eigenvalue weighted by Crippen LogP contribution is 2.24. The van der Waals surface area contributed by atoms with Crippen LogP contribution in [0.3, 0.4) is 0 Å². The normalized spacial score (nSPS) is 10.5. The van der Waals surface area contributed by atoms with Crippen molar-refractivity contribution in [3.05, 3.63) is 24.2 Å². The van der Waals surface area contributed by atoms with E-state index in [4.69, 9.17) is 5.73 Å². The summed E-state index contributed by atoms with van der Waals surface area (Å²) in [7, 11) is 1.90. The molecule has 0 aromatic carbocycles. The first kappa shape index (κ1) is 9.97. The lowest BCUT2D eigenvalue weighted by Gasteiger charge is -2.02. The van der Waals surface area contributed by atoms with E-state index < -0.39 is 0 Å². The van der Waals surface area contributed by atoms with Gasteiger partial charge in [-0.05, 0) is 30.8 Å². The predicted molar refractivity (Wildman–Crippen MR) is 58.5 cm³/mol. The summed E-state index contributed by atoms with van der Waals surface area (Å²) in [5.41, 5.74) is 7.23. The molecule has 2 aromatic rings. The quantitative estimate of drug-likeness (QED) is 0.826. The minimum Gasteiger partial charge on any atom is -0.397 e. The summed E-state index contributed by atoms with van der Waals surface area (Å²) >= 11 is 1.47. The molecule has 2 heterocycles. The standard InChI is InChI=1S/C9H11N5S/c1-6-7(10)3-4-8(12-6)15-9-13-11-5-14(9)2/h3-5H,10H2,1-2H3. The summed E-state index contributed by atoms with van der Waals surface area (Å²) < 4.78 is 1.85. The van der Waals surface area contributed by atoms with Crippen molar-refractivity contribution in [3.8, 4) is 0 Å². The Morgan fingerprint density at radius 3 is 2.80 bits per heavy atom. The van der Waals surface area contributed by atoms with Gasteiger partial charge < -0.3 is 10.3 Å². The fourth-order valence-corrected chi connectivity index (χ4v) is 1.85. The van der Waals surface area contributed by atoms with Gasteiger partial charge in [-0.1, -0.05) is 0 Å². The van der Waals surface area contributed by atoms with E-state index in [0.29, 0.717) is 5.69 Å². The number of hydrogen-bond acceptors (Lipinski definition) is 5. The first-order chi connectivity index (χ1) is 7.16. The largest absolute Gasteiger partial charge is 0.397 e. The van der Waals surface area contributed by atoms with Crippen LogP contribution in [-0.2, 0) is 7.05 Å². The third-order valence-electron chi connectivity index (χ3n) is 1.97. The highest BCUT2D eigenvalue weighted by Gasteiger charge is 2.05. The van der Waals surface area contributed by atoms with E-state index in [2.05, 4.69) is 15.2 Å². The highest BCUT2D eigenvalue weighted by atomic mass is 32.2. The molecule has 15 heavy (non-hydrogen) atoms. The lowest BCUT2D eigenvalue weighted by atomic mass is 10.3. The zero-order valence-electron chi connectivity index (χ0n) is 8.51. The first-order valence-electron chi connectivity index (χ1n) is 4.42. The van der Waals surface area contributed by atoms with Crippen molar-refractivity contribution in [1.82, 2.24) is 19.7 Å². The number of aromatic nitrogens is 4. The Morgan fingerprint density at radius 2 is 2.20 bits per heavy atom. The molecule has 0 aliphatic rings. The van der Waals surface area contributed by atoms with Crippen molar-refractivity contribution >= 4 is 17.4 Å². The minimum atomic E-state index is 0.706. The van der Waals surface area contributed by atoms with E-state index in [0.717, 1.165) is 15.9 Å². The van der Waals surface area contributed by atoms with Gasteiger partial charge in [-0.15, -0.1) is 10.2 Å². The summed E-state index contributed by atoms with van der Waals surface area (Å²) in [6.45, 7) is 1.88. The molecule has 5 nitrogen and oxygen atoms in total. The molecule has 0 spiro atoms. The van der Waals surface area contributed by atoms with E-state index in [1.165, 1.54) is 11.8 Å². The van der Waals surface area contributed by atoms with Crippen LogP contribution in [0, 0.1) is 6.92 Å². The number of nitrogen functional groups attached to an aromatic ring is 1. The maximum absolute atomic E-state index is 5.69. The number of hydrogen-bond donors (Lipinski definition) is 1. The molecule has 0 amide bonds. The van der Waals surface area contributed by atoms with Crippen LogP contribution in [0.25, 0.3) is 0 Å². The van der Waals surface area contributed by atoms with Crippen molar-refractivity contribution in [2.45, 2.75) is 17.1 Å². The second-order valence-corrected chi connectivity index (χ2v) is 4.14. The molecule has 0 aliphatic carbocycles. The number of aryl methyl sites for hydroxylation is 2. The van der Waals surface area contributed by atoms with Crippen LogP contribution >= 0.6 is 11.8 Å². The molecule has 0 atom stereocenters. The smallest absolute Gasteiger partial charge is 0.197 e. The van der Waals surface area contributed by atoms with Gasteiger partial charge in [0.1, 0.15) is 11.4 Å². The summed E-state index contributed by atoms with van der Waals surface area (Å²) in [4.78, 5) is 4.35. The average Bonchev–Trinajstić information content (AvgIpc) is 2.59. The van der Waals surface area contributed by atoms with Gasteiger partial charge in [0, 0.05) is 7.05 Å². The Bertz CT molecular complexity index is 479. The van der Waals surface area contributed by atoms with Crippen LogP contribution in [0.2, 0.25) is 0 Å². The van der Waals surface area contributed by atoms with E-state index in [9.17, 15) is 0 Å². The summed E-state index contributed by atoms with van der Waals surface area (Å²) in [5, 5.41) is 9.45. The SMILES string of the molecule is Cc1nc(Sc2nncn2C)ccc1N. The van der Waals surface area contributed by atoms with Crippen LogP contribution in [0.15, 0.2) is 28.6 Å². The molecule has 2 aromatic heterocycles. The zero-order chi connectivity index (χ0) is 10.8. The zero-order valence-corrected chi connectivity index (χ0v) is 9.32. The fraction of sp³-hybridized carbons (Fsp3) is 0.222. The fourth-order valence-electron chi connectivity index (χ4n) is 1.06. The Balaban J connectivity index is 2.25. The van der Waals surface area contributed by atoms with E-state index in [1.54, 1.807) is 6.33 Å². The minimum absolute atomic E-state index is 0.706. The molecular weight excluding hydrogens is 210 g/mol. The number of rotatable bonds is 2. The van der Waals surface area contributed by atoms with Gasteiger partial charge in [0.2, 0.25) is 0 Å². The van der Waals surface area contributed by atoms with Crippen molar-refractivity contribution in [2.24, 2.45) is 7.05 Å². The van der Waals surface area contributed by atoms with Crippen molar-refractivity contribution in [3.63, 3.8) is 0 Å². The topological polar surface area (TPSA) is 69.6 Å². The molecule has 0 saturated carbocycles. The van der Waals surface area contributed by atoms with Gasteiger partial charge in [0.25, 0.3) is 0 Å². The van der Waals surface area contributed by atoms with E-state index in [1.807, 2.05) is 30.7 Å². The lowest BCUT2D eigenvalue weighted by molar-refractivity contribution is 0.787. The third kappa shape index (κ3) is 2.10. The van der Waals surface area contributed by atoms with Crippen molar-refractivity contribution in [2.75, 3.05) is 5.73 Å². The van der Waals surface area contributed by atoms with E-state index >= 15 is 0 Å². The van der Waals surface area contributed by atoms with Crippen LogP contribution in [0.1, 0.15) is 5.69 Å². The third-order valence-corrected chi connectivity index (χ3v) is 2.96.